The first kappa shape index (κ1) is 14.8. The number of hydrogen-bond donors (Lipinski definition) is 1. The predicted molar refractivity (Wildman–Crippen MR) is 77.0 cm³/mol. The molecule has 0 aromatic rings. The van der Waals surface area contributed by atoms with E-state index in [1.54, 1.807) is 4.31 Å². The lowest BCUT2D eigenvalue weighted by atomic mass is 9.76. The van der Waals surface area contributed by atoms with E-state index in [1.807, 2.05) is 0 Å². The molecule has 0 spiro atoms. The van der Waals surface area contributed by atoms with Gasteiger partial charge in [-0.25, -0.2) is 4.72 Å². The lowest BCUT2D eigenvalue weighted by Crippen LogP contribution is -2.45. The molecule has 0 radical (unpaired) electrons. The summed E-state index contributed by atoms with van der Waals surface area (Å²) in [6.07, 6.45) is 7.96. The van der Waals surface area contributed by atoms with Gasteiger partial charge >= 0.3 is 0 Å². The van der Waals surface area contributed by atoms with Gasteiger partial charge in [0.05, 0.1) is 0 Å². The molecule has 0 atom stereocenters. The maximum Gasteiger partial charge on any atom is 0.279 e. The molecule has 0 amide bonds. The second-order valence-electron chi connectivity index (χ2n) is 5.63. The molecular formula is C12H23BrN2O2S. The molecule has 18 heavy (non-hydrogen) atoms. The van der Waals surface area contributed by atoms with Crippen molar-refractivity contribution in [2.24, 2.45) is 5.41 Å². The van der Waals surface area contributed by atoms with E-state index in [0.29, 0.717) is 19.6 Å². The minimum atomic E-state index is -3.25. The zero-order chi connectivity index (χ0) is 13.1. The van der Waals surface area contributed by atoms with Crippen LogP contribution in [-0.2, 0) is 10.2 Å². The van der Waals surface area contributed by atoms with Crippen LogP contribution in [0.3, 0.4) is 0 Å². The van der Waals surface area contributed by atoms with Gasteiger partial charge in [-0.2, -0.15) is 12.7 Å². The molecule has 0 bridgehead atoms. The third-order valence-electron chi connectivity index (χ3n) is 4.23. The average Bonchev–Trinajstić information content (AvgIpc) is 2.92. The largest absolute Gasteiger partial charge is 0.279 e. The quantitative estimate of drug-likeness (QED) is 0.781. The number of nitrogens with zero attached hydrogens (tertiary/aromatic N) is 1. The van der Waals surface area contributed by atoms with Crippen molar-refractivity contribution in [3.8, 4) is 0 Å². The first-order valence-corrected chi connectivity index (χ1v) is 9.45. The highest BCUT2D eigenvalue weighted by atomic mass is 79.9. The van der Waals surface area contributed by atoms with E-state index in [2.05, 4.69) is 20.7 Å². The van der Waals surface area contributed by atoms with E-state index < -0.39 is 10.2 Å². The summed E-state index contributed by atoms with van der Waals surface area (Å²) in [5, 5.41) is 0.891. The minimum absolute atomic E-state index is 0.130. The van der Waals surface area contributed by atoms with Gasteiger partial charge in [0, 0.05) is 25.0 Å². The van der Waals surface area contributed by atoms with Crippen LogP contribution in [0.15, 0.2) is 0 Å². The highest BCUT2D eigenvalue weighted by Gasteiger charge is 2.34. The van der Waals surface area contributed by atoms with Gasteiger partial charge in [-0.3, -0.25) is 0 Å². The molecule has 1 saturated heterocycles. The van der Waals surface area contributed by atoms with E-state index in [0.717, 1.165) is 31.0 Å². The fraction of sp³-hybridized carbons (Fsp3) is 1.00. The number of rotatable bonds is 5. The van der Waals surface area contributed by atoms with Crippen molar-refractivity contribution in [1.82, 2.24) is 9.03 Å². The molecule has 0 aromatic carbocycles. The molecule has 0 unspecified atom stereocenters. The van der Waals surface area contributed by atoms with Gasteiger partial charge in [-0.05, 0) is 31.1 Å². The van der Waals surface area contributed by atoms with Gasteiger partial charge in [0.2, 0.25) is 0 Å². The van der Waals surface area contributed by atoms with E-state index in [-0.39, 0.29) is 5.41 Å². The molecule has 1 aliphatic heterocycles. The summed E-state index contributed by atoms with van der Waals surface area (Å²) in [6.45, 7) is 1.93. The Bertz CT molecular complexity index is 360. The van der Waals surface area contributed by atoms with E-state index in [9.17, 15) is 8.42 Å². The second kappa shape index (κ2) is 6.20. The zero-order valence-electron chi connectivity index (χ0n) is 10.8. The van der Waals surface area contributed by atoms with Crippen LogP contribution in [-0.4, -0.2) is 37.7 Å². The van der Waals surface area contributed by atoms with E-state index in [4.69, 9.17) is 0 Å². The van der Waals surface area contributed by atoms with Crippen molar-refractivity contribution >= 4 is 26.1 Å². The second-order valence-corrected chi connectivity index (χ2v) is 7.94. The lowest BCUT2D eigenvalue weighted by molar-refractivity contribution is 0.226. The summed E-state index contributed by atoms with van der Waals surface area (Å²) in [6, 6.07) is 0. The summed E-state index contributed by atoms with van der Waals surface area (Å²) < 4.78 is 28.7. The van der Waals surface area contributed by atoms with Crippen molar-refractivity contribution < 1.29 is 8.42 Å². The molecule has 1 saturated carbocycles. The molecule has 0 aromatic heterocycles. The Morgan fingerprint density at radius 2 is 1.67 bits per heavy atom. The number of halogens is 1. The maximum absolute atomic E-state index is 12.1. The fourth-order valence-electron chi connectivity index (χ4n) is 2.92. The fourth-order valence-corrected chi connectivity index (χ4v) is 5.09. The Kier molecular flexibility index (Phi) is 5.08. The van der Waals surface area contributed by atoms with Gasteiger partial charge in [0.25, 0.3) is 10.2 Å². The van der Waals surface area contributed by atoms with Crippen LogP contribution in [0.1, 0.15) is 44.9 Å². The van der Waals surface area contributed by atoms with Crippen LogP contribution in [0.4, 0.5) is 0 Å². The molecular weight excluding hydrogens is 316 g/mol. The summed E-state index contributed by atoms with van der Waals surface area (Å²) >= 11 is 3.57. The van der Waals surface area contributed by atoms with Crippen molar-refractivity contribution in [1.29, 1.82) is 0 Å². The minimum Gasteiger partial charge on any atom is -0.202 e. The Balaban J connectivity index is 1.92. The molecule has 2 fully saturated rings. The summed E-state index contributed by atoms with van der Waals surface area (Å²) in [5.41, 5.74) is 0.130. The van der Waals surface area contributed by atoms with Gasteiger partial charge in [-0.15, -0.1) is 0 Å². The predicted octanol–water partition coefficient (Wildman–Crippen LogP) is 2.26. The summed E-state index contributed by atoms with van der Waals surface area (Å²) in [7, 11) is -3.25. The molecule has 1 aliphatic carbocycles. The van der Waals surface area contributed by atoms with Crippen molar-refractivity contribution in [2.45, 2.75) is 44.9 Å². The van der Waals surface area contributed by atoms with Gasteiger partial charge in [0.15, 0.2) is 0 Å². The third-order valence-corrected chi connectivity index (χ3v) is 6.98. The Morgan fingerprint density at radius 1 is 1.06 bits per heavy atom. The van der Waals surface area contributed by atoms with Crippen LogP contribution >= 0.6 is 15.9 Å². The van der Waals surface area contributed by atoms with E-state index >= 15 is 0 Å². The van der Waals surface area contributed by atoms with Gasteiger partial charge in [-0.1, -0.05) is 35.2 Å². The molecule has 4 nitrogen and oxygen atoms in total. The maximum atomic E-state index is 12.1. The van der Waals surface area contributed by atoms with Crippen LogP contribution in [0.2, 0.25) is 0 Å². The van der Waals surface area contributed by atoms with E-state index in [1.165, 1.54) is 19.3 Å². The number of nitrogens with one attached hydrogen (secondary N) is 1. The van der Waals surface area contributed by atoms with Crippen molar-refractivity contribution in [3.63, 3.8) is 0 Å². The third kappa shape index (κ3) is 3.46. The summed E-state index contributed by atoms with van der Waals surface area (Å²) in [4.78, 5) is 0. The zero-order valence-corrected chi connectivity index (χ0v) is 13.2. The lowest BCUT2D eigenvalue weighted by Gasteiger charge is -2.36. The van der Waals surface area contributed by atoms with Crippen LogP contribution in [0, 0.1) is 5.41 Å². The Hall–Kier alpha value is 0.350. The molecule has 1 heterocycles. The topological polar surface area (TPSA) is 49.4 Å². The van der Waals surface area contributed by atoms with Gasteiger partial charge < -0.3 is 0 Å². The van der Waals surface area contributed by atoms with Crippen molar-refractivity contribution in [3.05, 3.63) is 0 Å². The monoisotopic (exact) mass is 338 g/mol. The SMILES string of the molecule is O=S(=O)(NCC1(CBr)CCCCC1)N1CCCC1. The summed E-state index contributed by atoms with van der Waals surface area (Å²) in [5.74, 6) is 0. The smallest absolute Gasteiger partial charge is 0.202 e. The molecule has 106 valence electrons. The normalized spacial score (nSPS) is 25.4. The number of alkyl halides is 1. The average molecular weight is 339 g/mol. The first-order valence-electron chi connectivity index (χ1n) is 6.89. The van der Waals surface area contributed by atoms with Crippen molar-refractivity contribution in [2.75, 3.05) is 25.0 Å². The molecule has 2 aliphatic rings. The number of hydrogen-bond acceptors (Lipinski definition) is 2. The van der Waals surface area contributed by atoms with Crippen LogP contribution < -0.4 is 4.72 Å². The Labute approximate surface area is 119 Å². The van der Waals surface area contributed by atoms with Gasteiger partial charge in [0.1, 0.15) is 0 Å². The van der Waals surface area contributed by atoms with Crippen LogP contribution in [0.5, 0.6) is 0 Å². The first-order chi connectivity index (χ1) is 8.58. The highest BCUT2D eigenvalue weighted by Crippen LogP contribution is 2.37. The van der Waals surface area contributed by atoms with Crippen LogP contribution in [0.25, 0.3) is 0 Å². The standard InChI is InChI=1S/C12H23BrN2O2S/c13-10-12(6-2-1-3-7-12)11-14-18(16,17)15-8-4-5-9-15/h14H,1-11H2. The highest BCUT2D eigenvalue weighted by molar-refractivity contribution is 9.09. The Morgan fingerprint density at radius 3 is 2.22 bits per heavy atom. The molecule has 2 rings (SSSR count). The molecule has 1 N–H and O–H groups in total. The molecule has 6 heteroatoms.